The summed E-state index contributed by atoms with van der Waals surface area (Å²) in [6, 6.07) is 8.70. The zero-order chi connectivity index (χ0) is 16.4. The molecule has 2 heterocycles. The molecule has 0 saturated carbocycles. The van der Waals surface area contributed by atoms with Crippen LogP contribution in [0.3, 0.4) is 0 Å². The van der Waals surface area contributed by atoms with Crippen LogP contribution in [0.15, 0.2) is 41.5 Å². The van der Waals surface area contributed by atoms with Gasteiger partial charge in [0.05, 0.1) is 25.4 Å². The number of thiophene rings is 1. The number of fused-ring (bicyclic) bond motifs is 1. The number of ether oxygens (including phenoxy) is 1. The van der Waals surface area contributed by atoms with E-state index in [4.69, 9.17) is 4.74 Å². The molecule has 118 valence electrons. The molecule has 3 aromatic rings. The second-order valence-corrected chi connectivity index (χ2v) is 6.23. The summed E-state index contributed by atoms with van der Waals surface area (Å²) in [5.74, 6) is 0.550. The quantitative estimate of drug-likeness (QED) is 0.676. The number of rotatable bonds is 5. The van der Waals surface area contributed by atoms with E-state index in [0.29, 0.717) is 16.7 Å². The van der Waals surface area contributed by atoms with Gasteiger partial charge < -0.3 is 4.74 Å². The second-order valence-electron chi connectivity index (χ2n) is 5.11. The zero-order valence-corrected chi connectivity index (χ0v) is 13.7. The Morgan fingerprint density at radius 2 is 2.04 bits per heavy atom. The lowest BCUT2D eigenvalue weighted by Gasteiger charge is -2.05. The molecular formula is C17H16N2O3S. The summed E-state index contributed by atoms with van der Waals surface area (Å²) in [4.78, 5) is 31.0. The van der Waals surface area contributed by atoms with Crippen LogP contribution in [0.4, 0.5) is 0 Å². The summed E-state index contributed by atoms with van der Waals surface area (Å²) in [5.41, 5.74) is 0.366. The lowest BCUT2D eigenvalue weighted by atomic mass is 10.1. The molecule has 5 nitrogen and oxygen atoms in total. The van der Waals surface area contributed by atoms with Crippen LogP contribution in [-0.4, -0.2) is 22.4 Å². The van der Waals surface area contributed by atoms with Gasteiger partial charge in [-0.15, -0.1) is 11.3 Å². The van der Waals surface area contributed by atoms with Crippen molar-refractivity contribution in [1.29, 1.82) is 0 Å². The molecule has 6 heteroatoms. The van der Waals surface area contributed by atoms with Gasteiger partial charge in [-0.05, 0) is 36.8 Å². The fourth-order valence-electron chi connectivity index (χ4n) is 2.32. The largest absolute Gasteiger partial charge is 0.497 e. The number of methoxy groups -OCH3 is 1. The molecule has 0 spiro atoms. The third-order valence-electron chi connectivity index (χ3n) is 3.64. The van der Waals surface area contributed by atoms with Gasteiger partial charge in [0, 0.05) is 10.4 Å². The number of hydrogen-bond donors (Lipinski definition) is 0. The Hall–Kier alpha value is -2.47. The van der Waals surface area contributed by atoms with E-state index in [9.17, 15) is 9.59 Å². The summed E-state index contributed by atoms with van der Waals surface area (Å²) in [6.07, 6.45) is 2.31. The Morgan fingerprint density at radius 1 is 1.30 bits per heavy atom. The van der Waals surface area contributed by atoms with Crippen molar-refractivity contribution in [2.75, 3.05) is 7.11 Å². The molecule has 0 aliphatic carbocycles. The van der Waals surface area contributed by atoms with E-state index >= 15 is 0 Å². The van der Waals surface area contributed by atoms with Crippen LogP contribution in [0.5, 0.6) is 5.75 Å². The molecule has 0 amide bonds. The van der Waals surface area contributed by atoms with E-state index in [0.717, 1.165) is 16.1 Å². The van der Waals surface area contributed by atoms with Crippen molar-refractivity contribution in [2.24, 2.45) is 0 Å². The molecule has 1 aromatic carbocycles. The SMILES string of the molecule is CCc1cc2c(=O)n(CC(=O)c3ccc(OC)cc3)cnc2s1. The molecule has 0 bridgehead atoms. The third-order valence-corrected chi connectivity index (χ3v) is 4.83. The maximum absolute atomic E-state index is 12.5. The number of carbonyl (C=O) groups is 1. The standard InChI is InChI=1S/C17H16N2O3S/c1-3-13-8-14-16(23-13)18-10-19(17(14)21)9-15(20)11-4-6-12(22-2)7-5-11/h4-8,10H,3,9H2,1-2H3. The Bertz CT molecular complexity index is 910. The summed E-state index contributed by atoms with van der Waals surface area (Å²) in [6.45, 7) is 2.02. The third kappa shape index (κ3) is 3.03. The molecule has 0 saturated heterocycles. The molecule has 23 heavy (non-hydrogen) atoms. The number of Topliss-reactive ketones (excluding diaryl/α,β-unsaturated/α-hetero) is 1. The summed E-state index contributed by atoms with van der Waals surface area (Å²) in [7, 11) is 1.57. The highest BCUT2D eigenvalue weighted by Crippen LogP contribution is 2.21. The lowest BCUT2D eigenvalue weighted by Crippen LogP contribution is -2.24. The highest BCUT2D eigenvalue weighted by atomic mass is 32.1. The van der Waals surface area contributed by atoms with Crippen molar-refractivity contribution in [3.63, 3.8) is 0 Å². The Kier molecular flexibility index (Phi) is 4.25. The molecule has 2 aromatic heterocycles. The monoisotopic (exact) mass is 328 g/mol. The molecular weight excluding hydrogens is 312 g/mol. The van der Waals surface area contributed by atoms with Crippen LogP contribution in [0.2, 0.25) is 0 Å². The van der Waals surface area contributed by atoms with Crippen LogP contribution in [0, 0.1) is 0 Å². The first-order chi connectivity index (χ1) is 11.1. The van der Waals surface area contributed by atoms with Gasteiger partial charge in [-0.1, -0.05) is 6.92 Å². The minimum absolute atomic E-state index is 0.0224. The molecule has 0 aliphatic rings. The van der Waals surface area contributed by atoms with E-state index in [1.54, 1.807) is 31.4 Å². The van der Waals surface area contributed by atoms with Gasteiger partial charge in [0.2, 0.25) is 0 Å². The highest BCUT2D eigenvalue weighted by Gasteiger charge is 2.12. The Labute approximate surface area is 137 Å². The van der Waals surface area contributed by atoms with Gasteiger partial charge in [-0.3, -0.25) is 14.2 Å². The molecule has 0 N–H and O–H groups in total. The number of hydrogen-bond acceptors (Lipinski definition) is 5. The number of nitrogens with zero attached hydrogens (tertiary/aromatic N) is 2. The smallest absolute Gasteiger partial charge is 0.262 e. The van der Waals surface area contributed by atoms with Crippen molar-refractivity contribution in [1.82, 2.24) is 9.55 Å². The van der Waals surface area contributed by atoms with Gasteiger partial charge in [-0.25, -0.2) is 4.98 Å². The number of ketones is 1. The molecule has 0 radical (unpaired) electrons. The first-order valence-electron chi connectivity index (χ1n) is 7.27. The van der Waals surface area contributed by atoms with Crippen LogP contribution in [0.1, 0.15) is 22.2 Å². The van der Waals surface area contributed by atoms with Crippen LogP contribution in [0.25, 0.3) is 10.2 Å². The van der Waals surface area contributed by atoms with Gasteiger partial charge in [-0.2, -0.15) is 0 Å². The summed E-state index contributed by atoms with van der Waals surface area (Å²) < 4.78 is 6.43. The van der Waals surface area contributed by atoms with E-state index in [2.05, 4.69) is 4.98 Å². The van der Waals surface area contributed by atoms with Crippen molar-refractivity contribution in [3.05, 3.63) is 57.5 Å². The normalized spacial score (nSPS) is 10.9. The predicted octanol–water partition coefficient (Wildman–Crippen LogP) is 2.91. The Morgan fingerprint density at radius 3 is 2.70 bits per heavy atom. The first-order valence-corrected chi connectivity index (χ1v) is 8.09. The van der Waals surface area contributed by atoms with Crippen LogP contribution >= 0.6 is 11.3 Å². The molecule has 0 aliphatic heterocycles. The van der Waals surface area contributed by atoms with E-state index in [-0.39, 0.29) is 17.9 Å². The average Bonchev–Trinajstić information content (AvgIpc) is 3.01. The molecule has 0 unspecified atom stereocenters. The fraction of sp³-hybridized carbons (Fsp3) is 0.235. The van der Waals surface area contributed by atoms with E-state index in [1.807, 2.05) is 13.0 Å². The highest BCUT2D eigenvalue weighted by molar-refractivity contribution is 7.18. The minimum Gasteiger partial charge on any atom is -0.497 e. The zero-order valence-electron chi connectivity index (χ0n) is 12.9. The number of carbonyl (C=O) groups excluding carboxylic acids is 1. The summed E-state index contributed by atoms with van der Waals surface area (Å²) in [5, 5.41) is 0.580. The number of aryl methyl sites for hydroxylation is 1. The lowest BCUT2D eigenvalue weighted by molar-refractivity contribution is 0.0970. The van der Waals surface area contributed by atoms with E-state index in [1.165, 1.54) is 22.2 Å². The summed E-state index contributed by atoms with van der Waals surface area (Å²) >= 11 is 1.52. The topological polar surface area (TPSA) is 61.2 Å². The number of benzene rings is 1. The van der Waals surface area contributed by atoms with Gasteiger partial charge in [0.15, 0.2) is 5.78 Å². The van der Waals surface area contributed by atoms with Crippen molar-refractivity contribution >= 4 is 27.3 Å². The minimum atomic E-state index is -0.173. The van der Waals surface area contributed by atoms with Crippen molar-refractivity contribution < 1.29 is 9.53 Å². The fourth-order valence-corrected chi connectivity index (χ4v) is 3.25. The van der Waals surface area contributed by atoms with Gasteiger partial charge >= 0.3 is 0 Å². The maximum Gasteiger partial charge on any atom is 0.262 e. The molecule has 0 atom stereocenters. The Balaban J connectivity index is 1.89. The van der Waals surface area contributed by atoms with Gasteiger partial charge in [0.25, 0.3) is 5.56 Å². The van der Waals surface area contributed by atoms with Crippen molar-refractivity contribution in [2.45, 2.75) is 19.9 Å². The first kappa shape index (κ1) is 15.4. The average molecular weight is 328 g/mol. The van der Waals surface area contributed by atoms with Gasteiger partial charge in [0.1, 0.15) is 10.6 Å². The van der Waals surface area contributed by atoms with E-state index < -0.39 is 0 Å². The van der Waals surface area contributed by atoms with Crippen molar-refractivity contribution in [3.8, 4) is 5.75 Å². The molecule has 0 fully saturated rings. The predicted molar refractivity (Wildman–Crippen MR) is 90.6 cm³/mol. The van der Waals surface area contributed by atoms with Crippen LogP contribution < -0.4 is 10.3 Å². The second kappa shape index (κ2) is 6.34. The molecule has 3 rings (SSSR count). The maximum atomic E-state index is 12.5. The van der Waals surface area contributed by atoms with Crippen LogP contribution in [-0.2, 0) is 13.0 Å². The number of aromatic nitrogens is 2.